The van der Waals surface area contributed by atoms with E-state index in [9.17, 15) is 55.9 Å². The molecule has 18 nitrogen and oxygen atoms in total. The van der Waals surface area contributed by atoms with E-state index >= 15 is 0 Å². The molecule has 0 aromatic heterocycles. The van der Waals surface area contributed by atoms with Crippen LogP contribution in [0.4, 0.5) is 0 Å². The van der Waals surface area contributed by atoms with Gasteiger partial charge in [0.05, 0.1) is 26.4 Å². The quantitative estimate of drug-likeness (QED) is 0.0711. The average molecular weight is 726 g/mol. The van der Waals surface area contributed by atoms with Crippen molar-refractivity contribution < 1.29 is 84.3 Å². The largest absolute Gasteiger partial charge is 0.394 e. The predicted molar refractivity (Wildman–Crippen MR) is 165 cm³/mol. The molecule has 11 N–H and O–H groups in total. The van der Waals surface area contributed by atoms with Crippen molar-refractivity contribution in [2.45, 2.75) is 104 Å². The summed E-state index contributed by atoms with van der Waals surface area (Å²) < 4.78 is 33.1. The molecule has 3 aliphatic heterocycles. The normalized spacial score (nSPS) is 39.8. The fourth-order valence-corrected chi connectivity index (χ4v) is 6.47. The van der Waals surface area contributed by atoms with Gasteiger partial charge in [-0.3, -0.25) is 4.79 Å². The van der Waals surface area contributed by atoms with Crippen LogP contribution in [0.2, 0.25) is 0 Å². The van der Waals surface area contributed by atoms with Gasteiger partial charge in [0.15, 0.2) is 18.9 Å². The molecule has 1 amide bonds. The van der Waals surface area contributed by atoms with Crippen LogP contribution in [0.1, 0.15) is 12.0 Å². The second-order valence-corrected chi connectivity index (χ2v) is 12.9. The first kappa shape index (κ1) is 40.2. The van der Waals surface area contributed by atoms with Crippen molar-refractivity contribution in [3.8, 4) is 0 Å². The van der Waals surface area contributed by atoms with E-state index in [1.165, 1.54) is 0 Å². The van der Waals surface area contributed by atoms with Gasteiger partial charge in [-0.15, -0.1) is 0 Å². The van der Waals surface area contributed by atoms with Crippen molar-refractivity contribution in [3.05, 3.63) is 35.9 Å². The summed E-state index contributed by atoms with van der Waals surface area (Å²) in [6.45, 7) is -2.36. The zero-order chi connectivity index (χ0) is 35.7. The van der Waals surface area contributed by atoms with Gasteiger partial charge in [-0.2, -0.15) is 11.8 Å². The number of thioether (sulfide) groups is 1. The van der Waals surface area contributed by atoms with Gasteiger partial charge in [0.1, 0.15) is 73.2 Å². The minimum absolute atomic E-state index is 0.0729. The van der Waals surface area contributed by atoms with E-state index in [1.54, 1.807) is 11.8 Å². The first-order valence-corrected chi connectivity index (χ1v) is 17.0. The fourth-order valence-electron chi connectivity index (χ4n) is 5.56. The van der Waals surface area contributed by atoms with E-state index in [1.807, 2.05) is 30.3 Å². The number of hydrogen-bond donors (Lipinski definition) is 11. The fraction of sp³-hybridized carbons (Fsp3) is 0.767. The molecule has 0 aliphatic carbocycles. The molecule has 0 bridgehead atoms. The smallest absolute Gasteiger partial charge is 0.220 e. The molecule has 15 atom stereocenters. The summed E-state index contributed by atoms with van der Waals surface area (Å²) in [4.78, 5) is 12.2. The Balaban J connectivity index is 1.25. The standard InChI is InChI=1S/C30H47NO17S/c32-10-15-19(36)20(37)23(40)29(44-15)47-27-17(12-34)46-30(25(42)22(27)39)48-26-16(11-33)45-28(24(41)21(26)38)43-8-7-31-18(35)6-9-49-13-14-4-2-1-3-5-14/h1-5,15-17,19-30,32-34,36-42H,6-13H2,(H,31,35)/t15-,16-,17-,19+,20+,21-,22-,23-,24-,25-,26-,27+,28-,29-,30+/m1/s1. The van der Waals surface area contributed by atoms with Crippen LogP contribution < -0.4 is 5.32 Å². The maximum Gasteiger partial charge on any atom is 0.220 e. The number of amides is 1. The molecule has 0 radical (unpaired) electrons. The van der Waals surface area contributed by atoms with E-state index in [2.05, 4.69) is 5.32 Å². The van der Waals surface area contributed by atoms with Gasteiger partial charge < -0.3 is 84.8 Å². The Kier molecular flexibility index (Phi) is 15.8. The molecule has 3 aliphatic rings. The number of carbonyl (C=O) groups excluding carboxylic acids is 1. The lowest BCUT2D eigenvalue weighted by molar-refractivity contribution is -0.379. The van der Waals surface area contributed by atoms with Crippen molar-refractivity contribution in [1.29, 1.82) is 0 Å². The molecule has 3 heterocycles. The van der Waals surface area contributed by atoms with Gasteiger partial charge in [-0.05, 0) is 5.56 Å². The highest BCUT2D eigenvalue weighted by atomic mass is 32.2. The Labute approximate surface area is 286 Å². The maximum absolute atomic E-state index is 12.2. The first-order chi connectivity index (χ1) is 23.5. The van der Waals surface area contributed by atoms with Crippen molar-refractivity contribution >= 4 is 17.7 Å². The number of aliphatic hydroxyl groups is 10. The van der Waals surface area contributed by atoms with Gasteiger partial charge >= 0.3 is 0 Å². The molecule has 0 saturated carbocycles. The number of ether oxygens (including phenoxy) is 6. The van der Waals surface area contributed by atoms with Crippen molar-refractivity contribution in [2.24, 2.45) is 0 Å². The second-order valence-electron chi connectivity index (χ2n) is 11.8. The average Bonchev–Trinajstić information content (AvgIpc) is 3.11. The second kappa shape index (κ2) is 19.3. The minimum atomic E-state index is -1.93. The van der Waals surface area contributed by atoms with Crippen LogP contribution >= 0.6 is 11.8 Å². The molecule has 1 aromatic carbocycles. The van der Waals surface area contributed by atoms with Gasteiger partial charge in [0.2, 0.25) is 5.91 Å². The van der Waals surface area contributed by atoms with E-state index in [0.717, 1.165) is 11.3 Å². The summed E-state index contributed by atoms with van der Waals surface area (Å²) in [5, 5.41) is 106. The molecule has 0 spiro atoms. The van der Waals surface area contributed by atoms with Crippen molar-refractivity contribution in [1.82, 2.24) is 5.32 Å². The summed E-state index contributed by atoms with van der Waals surface area (Å²) in [6.07, 6.45) is -24.6. The summed E-state index contributed by atoms with van der Waals surface area (Å²) in [5.41, 5.74) is 1.16. The Hall–Kier alpha value is -1.60. The van der Waals surface area contributed by atoms with Crippen LogP contribution in [-0.2, 0) is 39.0 Å². The minimum Gasteiger partial charge on any atom is -0.394 e. The van der Waals surface area contributed by atoms with E-state index < -0.39 is 112 Å². The number of nitrogens with one attached hydrogen (secondary N) is 1. The Bertz CT molecular complexity index is 1120. The monoisotopic (exact) mass is 725 g/mol. The van der Waals surface area contributed by atoms with Gasteiger partial charge in [-0.25, -0.2) is 0 Å². The number of benzene rings is 1. The van der Waals surface area contributed by atoms with Crippen LogP contribution in [0.25, 0.3) is 0 Å². The van der Waals surface area contributed by atoms with E-state index in [0.29, 0.717) is 5.75 Å². The summed E-state index contributed by atoms with van der Waals surface area (Å²) in [5.74, 6) is 1.19. The lowest BCUT2D eigenvalue weighted by Crippen LogP contribution is -2.66. The Morgan fingerprint density at radius 2 is 1.18 bits per heavy atom. The zero-order valence-corrected chi connectivity index (χ0v) is 27.3. The van der Waals surface area contributed by atoms with Gasteiger partial charge in [0.25, 0.3) is 0 Å². The molecule has 3 saturated heterocycles. The summed E-state index contributed by atoms with van der Waals surface area (Å²) in [6, 6.07) is 9.84. The third-order valence-corrected chi connectivity index (χ3v) is 9.39. The third kappa shape index (κ3) is 10.3. The SMILES string of the molecule is O=C(CCSCc1ccccc1)NCCO[C@@H]1O[C@H](CO)[C@@H](O[C@@H]2O[C@H](CO)[C@H](O[C@H]3O[C@H](CO)[C@H](O)[C@H](O)[C@H]3O)[C@H](O)[C@H]2O)[C@H](O)[C@H]1O. The summed E-state index contributed by atoms with van der Waals surface area (Å²) in [7, 11) is 0. The number of carbonyl (C=O) groups is 1. The molecule has 3 fully saturated rings. The van der Waals surface area contributed by atoms with Crippen LogP contribution in [0, 0.1) is 0 Å². The topological polar surface area (TPSA) is 287 Å². The van der Waals surface area contributed by atoms with Crippen molar-refractivity contribution in [2.75, 3.05) is 38.7 Å². The van der Waals surface area contributed by atoms with E-state index in [-0.39, 0.29) is 25.5 Å². The molecule has 19 heteroatoms. The lowest BCUT2D eigenvalue weighted by Gasteiger charge is -2.48. The highest BCUT2D eigenvalue weighted by Gasteiger charge is 2.53. The third-order valence-electron chi connectivity index (χ3n) is 8.36. The predicted octanol–water partition coefficient (Wildman–Crippen LogP) is -5.11. The number of rotatable bonds is 16. The Morgan fingerprint density at radius 1 is 0.673 bits per heavy atom. The van der Waals surface area contributed by atoms with Crippen LogP contribution in [0.15, 0.2) is 30.3 Å². The number of hydrogen-bond acceptors (Lipinski definition) is 18. The Morgan fingerprint density at radius 3 is 1.76 bits per heavy atom. The number of aliphatic hydroxyl groups excluding tert-OH is 10. The molecule has 280 valence electrons. The first-order valence-electron chi connectivity index (χ1n) is 15.9. The molecular formula is C30H47NO17S. The zero-order valence-electron chi connectivity index (χ0n) is 26.4. The molecule has 4 rings (SSSR count). The molecular weight excluding hydrogens is 678 g/mol. The van der Waals surface area contributed by atoms with Crippen LogP contribution in [-0.4, -0.2) is 188 Å². The maximum atomic E-state index is 12.2. The summed E-state index contributed by atoms with van der Waals surface area (Å²) >= 11 is 1.62. The van der Waals surface area contributed by atoms with E-state index in [4.69, 9.17) is 28.4 Å². The van der Waals surface area contributed by atoms with Gasteiger partial charge in [-0.1, -0.05) is 30.3 Å². The highest BCUT2D eigenvalue weighted by Crippen LogP contribution is 2.32. The molecule has 49 heavy (non-hydrogen) atoms. The van der Waals surface area contributed by atoms with Gasteiger partial charge in [0, 0.05) is 24.5 Å². The molecule has 1 aromatic rings. The highest BCUT2D eigenvalue weighted by molar-refractivity contribution is 7.98. The van der Waals surface area contributed by atoms with Crippen LogP contribution in [0.5, 0.6) is 0 Å². The lowest BCUT2D eigenvalue weighted by atomic mass is 9.96. The van der Waals surface area contributed by atoms with Crippen LogP contribution in [0.3, 0.4) is 0 Å². The van der Waals surface area contributed by atoms with Crippen molar-refractivity contribution in [3.63, 3.8) is 0 Å². The molecule has 0 unspecified atom stereocenters.